The average Bonchev–Trinajstić information content (AvgIpc) is 2.88. The van der Waals surface area contributed by atoms with Gasteiger partial charge in [-0.3, -0.25) is 0 Å². The van der Waals surface area contributed by atoms with E-state index in [9.17, 15) is 0 Å². The van der Waals surface area contributed by atoms with Gasteiger partial charge in [-0.15, -0.1) is 11.3 Å². The number of rotatable bonds is 5. The molecule has 1 heterocycles. The molecule has 0 amide bonds. The number of nitrogens with one attached hydrogen (secondary N) is 1. The van der Waals surface area contributed by atoms with E-state index in [0.717, 1.165) is 13.0 Å². The minimum atomic E-state index is 0.328. The van der Waals surface area contributed by atoms with Crippen LogP contribution in [0.25, 0.3) is 0 Å². The van der Waals surface area contributed by atoms with Crippen LogP contribution >= 0.6 is 11.3 Å². The molecule has 1 aromatic carbocycles. The van der Waals surface area contributed by atoms with Gasteiger partial charge in [0.1, 0.15) is 0 Å². The number of hydrogen-bond donors (Lipinski definition) is 1. The van der Waals surface area contributed by atoms with Crippen LogP contribution in [0, 0.1) is 20.8 Å². The van der Waals surface area contributed by atoms with E-state index in [2.05, 4.69) is 63.5 Å². The molecular formula is C18H25NS. The van der Waals surface area contributed by atoms with Gasteiger partial charge in [-0.05, 0) is 73.0 Å². The number of thiophene rings is 1. The lowest BCUT2D eigenvalue weighted by Crippen LogP contribution is -2.23. The molecule has 1 N–H and O–H groups in total. The van der Waals surface area contributed by atoms with Crippen molar-refractivity contribution in [2.45, 2.75) is 47.1 Å². The van der Waals surface area contributed by atoms with Crippen molar-refractivity contribution in [3.63, 3.8) is 0 Å². The van der Waals surface area contributed by atoms with Crippen LogP contribution in [0.2, 0.25) is 0 Å². The zero-order valence-electron chi connectivity index (χ0n) is 13.2. The summed E-state index contributed by atoms with van der Waals surface area (Å²) in [6, 6.07) is 7.26. The molecule has 108 valence electrons. The van der Waals surface area contributed by atoms with Crippen molar-refractivity contribution in [2.24, 2.45) is 0 Å². The minimum absolute atomic E-state index is 0.328. The Hall–Kier alpha value is -1.12. The Kier molecular flexibility index (Phi) is 5.00. The van der Waals surface area contributed by atoms with E-state index in [0.29, 0.717) is 6.04 Å². The molecule has 2 rings (SSSR count). The molecule has 0 spiro atoms. The summed E-state index contributed by atoms with van der Waals surface area (Å²) < 4.78 is 0. The van der Waals surface area contributed by atoms with Gasteiger partial charge in [0.05, 0.1) is 6.04 Å². The standard InChI is InChI=1S/C18H25NS/c1-6-15-8-9-20-18(15)17(19-7-2)16-11-13(4)12(3)10-14(16)5/h8-11,17,19H,6-7H2,1-5H3. The van der Waals surface area contributed by atoms with Gasteiger partial charge in [0, 0.05) is 4.88 Å². The average molecular weight is 287 g/mol. The zero-order valence-corrected chi connectivity index (χ0v) is 14.0. The Bertz CT molecular complexity index is 583. The second kappa shape index (κ2) is 6.55. The van der Waals surface area contributed by atoms with E-state index in [1.165, 1.54) is 32.7 Å². The van der Waals surface area contributed by atoms with Gasteiger partial charge in [0.2, 0.25) is 0 Å². The quantitative estimate of drug-likeness (QED) is 0.821. The van der Waals surface area contributed by atoms with Crippen LogP contribution in [0.3, 0.4) is 0 Å². The van der Waals surface area contributed by atoms with Gasteiger partial charge in [0.25, 0.3) is 0 Å². The third-order valence-corrected chi connectivity index (χ3v) is 5.05. The maximum absolute atomic E-state index is 3.67. The summed E-state index contributed by atoms with van der Waals surface area (Å²) in [4.78, 5) is 1.47. The topological polar surface area (TPSA) is 12.0 Å². The van der Waals surface area contributed by atoms with E-state index < -0.39 is 0 Å². The van der Waals surface area contributed by atoms with E-state index in [1.54, 1.807) is 0 Å². The highest BCUT2D eigenvalue weighted by Crippen LogP contribution is 2.33. The van der Waals surface area contributed by atoms with Crippen molar-refractivity contribution >= 4 is 11.3 Å². The number of hydrogen-bond acceptors (Lipinski definition) is 2. The molecule has 1 nitrogen and oxygen atoms in total. The maximum Gasteiger partial charge on any atom is 0.0676 e. The summed E-state index contributed by atoms with van der Waals surface area (Å²) >= 11 is 1.87. The van der Waals surface area contributed by atoms with Gasteiger partial charge in [-0.25, -0.2) is 0 Å². The fourth-order valence-electron chi connectivity index (χ4n) is 2.73. The van der Waals surface area contributed by atoms with Gasteiger partial charge >= 0.3 is 0 Å². The van der Waals surface area contributed by atoms with Crippen LogP contribution in [-0.2, 0) is 6.42 Å². The SMILES string of the molecule is CCNC(c1cc(C)c(C)cc1C)c1sccc1CC. The molecule has 1 unspecified atom stereocenters. The van der Waals surface area contributed by atoms with E-state index in [1.807, 2.05) is 11.3 Å². The smallest absolute Gasteiger partial charge is 0.0676 e. The molecule has 0 aliphatic carbocycles. The Morgan fingerprint density at radius 1 is 1.05 bits per heavy atom. The molecule has 0 radical (unpaired) electrons. The van der Waals surface area contributed by atoms with Crippen molar-refractivity contribution in [2.75, 3.05) is 6.54 Å². The monoisotopic (exact) mass is 287 g/mol. The first-order chi connectivity index (χ1) is 9.58. The van der Waals surface area contributed by atoms with E-state index in [-0.39, 0.29) is 0 Å². The van der Waals surface area contributed by atoms with Crippen molar-refractivity contribution in [3.8, 4) is 0 Å². The molecule has 0 bridgehead atoms. The van der Waals surface area contributed by atoms with Gasteiger partial charge in [-0.2, -0.15) is 0 Å². The first kappa shape index (κ1) is 15.3. The van der Waals surface area contributed by atoms with Crippen molar-refractivity contribution in [3.05, 3.63) is 56.3 Å². The summed E-state index contributed by atoms with van der Waals surface area (Å²) in [7, 11) is 0. The van der Waals surface area contributed by atoms with Crippen molar-refractivity contribution in [1.29, 1.82) is 0 Å². The molecule has 0 aliphatic heterocycles. The van der Waals surface area contributed by atoms with Crippen LogP contribution < -0.4 is 5.32 Å². The molecule has 2 aromatic rings. The summed E-state index contributed by atoms with van der Waals surface area (Å²) in [5, 5.41) is 5.89. The van der Waals surface area contributed by atoms with Crippen LogP contribution in [0.1, 0.15) is 52.6 Å². The van der Waals surface area contributed by atoms with Gasteiger partial charge in [0.15, 0.2) is 0 Å². The van der Waals surface area contributed by atoms with Gasteiger partial charge in [-0.1, -0.05) is 26.0 Å². The van der Waals surface area contributed by atoms with Crippen molar-refractivity contribution in [1.82, 2.24) is 5.32 Å². The Morgan fingerprint density at radius 2 is 1.75 bits per heavy atom. The molecule has 0 saturated heterocycles. The summed E-state index contributed by atoms with van der Waals surface area (Å²) in [6.45, 7) is 12.0. The molecule has 0 aliphatic rings. The van der Waals surface area contributed by atoms with Crippen LogP contribution in [-0.4, -0.2) is 6.54 Å². The van der Waals surface area contributed by atoms with Crippen LogP contribution in [0.15, 0.2) is 23.6 Å². The highest BCUT2D eigenvalue weighted by Gasteiger charge is 2.19. The summed E-state index contributed by atoms with van der Waals surface area (Å²) in [5.41, 5.74) is 7.03. The highest BCUT2D eigenvalue weighted by molar-refractivity contribution is 7.10. The second-order valence-corrected chi connectivity index (χ2v) is 6.40. The molecule has 1 atom stereocenters. The second-order valence-electron chi connectivity index (χ2n) is 5.45. The lowest BCUT2D eigenvalue weighted by molar-refractivity contribution is 0.632. The largest absolute Gasteiger partial charge is 0.306 e. The lowest BCUT2D eigenvalue weighted by atomic mass is 9.93. The van der Waals surface area contributed by atoms with Crippen LogP contribution in [0.4, 0.5) is 0 Å². The fourth-order valence-corrected chi connectivity index (χ4v) is 3.82. The molecule has 2 heteroatoms. The Balaban J connectivity index is 2.51. The Morgan fingerprint density at radius 3 is 2.40 bits per heavy atom. The predicted octanol–water partition coefficient (Wildman–Crippen LogP) is 4.93. The maximum atomic E-state index is 3.67. The summed E-state index contributed by atoms with van der Waals surface area (Å²) in [6.07, 6.45) is 1.10. The molecule has 1 aromatic heterocycles. The minimum Gasteiger partial charge on any atom is -0.306 e. The van der Waals surface area contributed by atoms with Crippen LogP contribution in [0.5, 0.6) is 0 Å². The van der Waals surface area contributed by atoms with E-state index >= 15 is 0 Å². The first-order valence-corrected chi connectivity index (χ1v) is 8.33. The van der Waals surface area contributed by atoms with Crippen molar-refractivity contribution < 1.29 is 0 Å². The molecule has 0 saturated carbocycles. The zero-order chi connectivity index (χ0) is 14.7. The summed E-state index contributed by atoms with van der Waals surface area (Å²) in [5.74, 6) is 0. The Labute approximate surface area is 127 Å². The third kappa shape index (κ3) is 2.97. The fraction of sp³-hybridized carbons (Fsp3) is 0.444. The normalized spacial score (nSPS) is 12.7. The predicted molar refractivity (Wildman–Crippen MR) is 89.9 cm³/mol. The molecule has 0 fully saturated rings. The van der Waals surface area contributed by atoms with Gasteiger partial charge < -0.3 is 5.32 Å². The number of benzene rings is 1. The lowest BCUT2D eigenvalue weighted by Gasteiger charge is -2.22. The van der Waals surface area contributed by atoms with E-state index in [4.69, 9.17) is 0 Å². The first-order valence-electron chi connectivity index (χ1n) is 7.45. The molecule has 20 heavy (non-hydrogen) atoms. The highest BCUT2D eigenvalue weighted by atomic mass is 32.1. The third-order valence-electron chi connectivity index (χ3n) is 4.03. The number of aryl methyl sites for hydroxylation is 4. The molecular weight excluding hydrogens is 262 g/mol.